The molecule has 3 rings (SSSR count). The SMILES string of the molecule is C=C(C)c1cccc(C(C)(C)NC(=O)Nc2scc(-c3ccc(C(C)C)cc3)c2C(=O)OCC)c1. The van der Waals surface area contributed by atoms with Gasteiger partial charge in [0.1, 0.15) is 10.6 Å². The van der Waals surface area contributed by atoms with Crippen molar-refractivity contribution in [1.82, 2.24) is 5.32 Å². The zero-order valence-corrected chi connectivity index (χ0v) is 22.1. The quantitative estimate of drug-likeness (QED) is 0.317. The van der Waals surface area contributed by atoms with Crippen LogP contribution >= 0.6 is 11.3 Å². The molecule has 0 aliphatic rings. The van der Waals surface area contributed by atoms with Crippen molar-refractivity contribution in [2.24, 2.45) is 0 Å². The Morgan fingerprint density at radius 2 is 1.80 bits per heavy atom. The van der Waals surface area contributed by atoms with Crippen LogP contribution in [-0.2, 0) is 10.3 Å². The van der Waals surface area contributed by atoms with Crippen LogP contribution in [0.25, 0.3) is 16.7 Å². The second-order valence-corrected chi connectivity index (χ2v) is 10.3. The lowest BCUT2D eigenvalue weighted by Gasteiger charge is -2.27. The first kappa shape index (κ1) is 26.2. The number of nitrogens with one attached hydrogen (secondary N) is 2. The highest BCUT2D eigenvalue weighted by atomic mass is 32.1. The summed E-state index contributed by atoms with van der Waals surface area (Å²) in [5.41, 5.74) is 5.52. The molecule has 6 heteroatoms. The van der Waals surface area contributed by atoms with Crippen molar-refractivity contribution in [2.45, 2.75) is 53.0 Å². The van der Waals surface area contributed by atoms with E-state index < -0.39 is 17.5 Å². The first-order valence-electron chi connectivity index (χ1n) is 11.8. The Labute approximate surface area is 212 Å². The van der Waals surface area contributed by atoms with Gasteiger partial charge in [-0.3, -0.25) is 5.32 Å². The Hall–Kier alpha value is -3.38. The number of esters is 1. The second kappa shape index (κ2) is 10.9. The number of carbonyl (C=O) groups excluding carboxylic acids is 2. The smallest absolute Gasteiger partial charge is 0.341 e. The van der Waals surface area contributed by atoms with Crippen LogP contribution < -0.4 is 10.6 Å². The van der Waals surface area contributed by atoms with Gasteiger partial charge in [-0.15, -0.1) is 11.3 Å². The van der Waals surface area contributed by atoms with Gasteiger partial charge >= 0.3 is 12.0 Å². The van der Waals surface area contributed by atoms with Crippen LogP contribution in [-0.4, -0.2) is 18.6 Å². The van der Waals surface area contributed by atoms with Crippen molar-refractivity contribution in [3.05, 3.63) is 82.7 Å². The van der Waals surface area contributed by atoms with Crippen LogP contribution in [0.1, 0.15) is 74.5 Å². The highest BCUT2D eigenvalue weighted by Gasteiger charge is 2.26. The van der Waals surface area contributed by atoms with Crippen molar-refractivity contribution in [2.75, 3.05) is 11.9 Å². The molecule has 1 heterocycles. The minimum atomic E-state index is -0.646. The van der Waals surface area contributed by atoms with E-state index in [0.29, 0.717) is 16.5 Å². The number of hydrogen-bond acceptors (Lipinski definition) is 4. The summed E-state index contributed by atoms with van der Waals surface area (Å²) in [5, 5.41) is 8.25. The molecule has 0 radical (unpaired) electrons. The molecule has 184 valence electrons. The van der Waals surface area contributed by atoms with Gasteiger partial charge in [0.25, 0.3) is 0 Å². The van der Waals surface area contributed by atoms with E-state index in [9.17, 15) is 9.59 Å². The predicted octanol–water partition coefficient (Wildman–Crippen LogP) is 7.81. The van der Waals surface area contributed by atoms with Crippen LogP contribution in [0.5, 0.6) is 0 Å². The van der Waals surface area contributed by atoms with Crippen molar-refractivity contribution in [3.8, 4) is 11.1 Å². The molecule has 1 aromatic heterocycles. The molecule has 0 aliphatic carbocycles. The van der Waals surface area contributed by atoms with Gasteiger partial charge in [-0.05, 0) is 61.9 Å². The molecule has 2 N–H and O–H groups in total. The molecule has 35 heavy (non-hydrogen) atoms. The third-order valence-electron chi connectivity index (χ3n) is 5.89. The van der Waals surface area contributed by atoms with Gasteiger partial charge in [0.15, 0.2) is 0 Å². The maximum atomic E-state index is 13.0. The predicted molar refractivity (Wildman–Crippen MR) is 146 cm³/mol. The monoisotopic (exact) mass is 490 g/mol. The highest BCUT2D eigenvalue weighted by molar-refractivity contribution is 7.15. The summed E-state index contributed by atoms with van der Waals surface area (Å²) in [6.07, 6.45) is 0. The van der Waals surface area contributed by atoms with Crippen molar-refractivity contribution < 1.29 is 14.3 Å². The summed E-state index contributed by atoms with van der Waals surface area (Å²) in [6, 6.07) is 15.7. The van der Waals surface area contributed by atoms with Gasteiger partial charge in [0.05, 0.1) is 12.1 Å². The number of ether oxygens (including phenoxy) is 1. The summed E-state index contributed by atoms with van der Waals surface area (Å²) in [7, 11) is 0. The summed E-state index contributed by atoms with van der Waals surface area (Å²) in [5.74, 6) is -0.0446. The van der Waals surface area contributed by atoms with Crippen LogP contribution in [0, 0.1) is 0 Å². The molecule has 0 bridgehead atoms. The molecule has 0 saturated carbocycles. The highest BCUT2D eigenvalue weighted by Crippen LogP contribution is 2.37. The number of thiophene rings is 1. The van der Waals surface area contributed by atoms with Gasteiger partial charge in [-0.1, -0.05) is 68.5 Å². The summed E-state index contributed by atoms with van der Waals surface area (Å²) in [6.45, 7) is 16.1. The van der Waals surface area contributed by atoms with Gasteiger partial charge in [-0.25, -0.2) is 9.59 Å². The maximum Gasteiger partial charge on any atom is 0.341 e. The topological polar surface area (TPSA) is 67.4 Å². The second-order valence-electron chi connectivity index (χ2n) is 9.42. The van der Waals surface area contributed by atoms with Crippen LogP contribution in [0.3, 0.4) is 0 Å². The number of rotatable bonds is 8. The molecular formula is C29H34N2O3S. The van der Waals surface area contributed by atoms with Crippen molar-refractivity contribution in [3.63, 3.8) is 0 Å². The van der Waals surface area contributed by atoms with E-state index in [1.807, 2.05) is 62.5 Å². The minimum absolute atomic E-state index is 0.248. The van der Waals surface area contributed by atoms with E-state index in [4.69, 9.17) is 4.74 Å². The van der Waals surface area contributed by atoms with E-state index in [1.165, 1.54) is 16.9 Å². The van der Waals surface area contributed by atoms with E-state index in [-0.39, 0.29) is 6.61 Å². The molecule has 3 aromatic rings. The van der Waals surface area contributed by atoms with Crippen molar-refractivity contribution in [1.29, 1.82) is 0 Å². The standard InChI is InChI=1S/C29H34N2O3S/c1-8-34-27(32)25-24(21-14-12-20(13-15-21)18(2)3)17-35-26(25)30-28(33)31-29(6,7)23-11-9-10-22(16-23)19(4)5/h9-18H,4,8H2,1-3,5-7H3,(H2,30,31,33). The van der Waals surface area contributed by atoms with Crippen LogP contribution in [0.4, 0.5) is 9.80 Å². The molecule has 0 unspecified atom stereocenters. The van der Waals surface area contributed by atoms with Gasteiger partial charge in [0.2, 0.25) is 0 Å². The van der Waals surface area contributed by atoms with E-state index in [1.54, 1.807) is 6.92 Å². The molecule has 0 atom stereocenters. The number of benzene rings is 2. The molecular weight excluding hydrogens is 456 g/mol. The summed E-state index contributed by atoms with van der Waals surface area (Å²) < 4.78 is 5.33. The fourth-order valence-corrected chi connectivity index (χ4v) is 4.73. The number of carbonyl (C=O) groups is 2. The largest absolute Gasteiger partial charge is 0.462 e. The molecule has 0 aliphatic heterocycles. The average molecular weight is 491 g/mol. The lowest BCUT2D eigenvalue weighted by atomic mass is 9.92. The third kappa shape index (κ3) is 6.20. The number of urea groups is 1. The zero-order chi connectivity index (χ0) is 25.8. The maximum absolute atomic E-state index is 13.0. The normalized spacial score (nSPS) is 11.3. The van der Waals surface area contributed by atoms with Gasteiger partial charge in [-0.2, -0.15) is 0 Å². The van der Waals surface area contributed by atoms with E-state index in [0.717, 1.165) is 27.8 Å². The molecule has 5 nitrogen and oxygen atoms in total. The van der Waals surface area contributed by atoms with Crippen LogP contribution in [0.15, 0.2) is 60.5 Å². The molecule has 0 spiro atoms. The number of anilines is 1. The first-order chi connectivity index (χ1) is 16.5. The Balaban J connectivity index is 1.87. The Morgan fingerprint density at radius 1 is 1.11 bits per heavy atom. The van der Waals surface area contributed by atoms with Crippen molar-refractivity contribution >= 4 is 33.9 Å². The fraction of sp³-hybridized carbons (Fsp3) is 0.310. The third-order valence-corrected chi connectivity index (χ3v) is 6.78. The Bertz CT molecular complexity index is 1220. The Morgan fingerprint density at radius 3 is 2.40 bits per heavy atom. The molecule has 0 saturated heterocycles. The Kier molecular flexibility index (Phi) is 8.18. The number of hydrogen-bond donors (Lipinski definition) is 2. The van der Waals surface area contributed by atoms with E-state index >= 15 is 0 Å². The fourth-order valence-electron chi connectivity index (χ4n) is 3.78. The van der Waals surface area contributed by atoms with E-state index in [2.05, 4.69) is 43.2 Å². The molecule has 2 aromatic carbocycles. The first-order valence-corrected chi connectivity index (χ1v) is 12.7. The number of amides is 2. The zero-order valence-electron chi connectivity index (χ0n) is 21.3. The number of allylic oxidation sites excluding steroid dienone is 1. The van der Waals surface area contributed by atoms with Gasteiger partial charge < -0.3 is 10.1 Å². The average Bonchev–Trinajstić information content (AvgIpc) is 3.22. The summed E-state index contributed by atoms with van der Waals surface area (Å²) in [4.78, 5) is 25.9. The summed E-state index contributed by atoms with van der Waals surface area (Å²) >= 11 is 1.31. The molecule has 0 fully saturated rings. The molecule has 2 amide bonds. The minimum Gasteiger partial charge on any atom is -0.462 e. The van der Waals surface area contributed by atoms with Crippen LogP contribution in [0.2, 0.25) is 0 Å². The van der Waals surface area contributed by atoms with Gasteiger partial charge in [0, 0.05) is 10.9 Å². The lowest BCUT2D eigenvalue weighted by molar-refractivity contribution is 0.0529. The lowest BCUT2D eigenvalue weighted by Crippen LogP contribution is -2.43.